The summed E-state index contributed by atoms with van der Waals surface area (Å²) in [5, 5.41) is 14.7. The van der Waals surface area contributed by atoms with Crippen molar-refractivity contribution < 1.29 is 22.8 Å². The van der Waals surface area contributed by atoms with Gasteiger partial charge in [0.1, 0.15) is 35.0 Å². The largest absolute Gasteiger partial charge is 0.433 e. The number of halogens is 3. The summed E-state index contributed by atoms with van der Waals surface area (Å²) < 4.78 is 39.3. The fourth-order valence-electron chi connectivity index (χ4n) is 4.81. The fraction of sp³-hybridized carbons (Fsp3) is 0.458. The molecule has 0 radical (unpaired) electrons. The number of aromatic nitrogens is 1. The van der Waals surface area contributed by atoms with Crippen LogP contribution in [-0.4, -0.2) is 77.3 Å². The molecular formula is C24H26F3N9O2. The summed E-state index contributed by atoms with van der Waals surface area (Å²) in [7, 11) is 0. The lowest BCUT2D eigenvalue weighted by atomic mass is 10.0. The number of anilines is 1. The predicted molar refractivity (Wildman–Crippen MR) is 132 cm³/mol. The molecule has 1 aliphatic carbocycles. The number of rotatable bonds is 4. The molecule has 2 saturated heterocycles. The van der Waals surface area contributed by atoms with Gasteiger partial charge in [0, 0.05) is 56.9 Å². The van der Waals surface area contributed by atoms with Gasteiger partial charge in [-0.15, -0.1) is 0 Å². The Bertz CT molecular complexity index is 1260. The Labute approximate surface area is 216 Å². The van der Waals surface area contributed by atoms with Gasteiger partial charge in [-0.2, -0.15) is 18.3 Å². The van der Waals surface area contributed by atoms with Gasteiger partial charge in [-0.3, -0.25) is 10.1 Å². The minimum Gasteiger partial charge on any atom is -0.367 e. The first-order valence-corrected chi connectivity index (χ1v) is 12.5. The lowest BCUT2D eigenvalue weighted by Gasteiger charge is -2.41. The number of carbonyl (C=O) groups excluding carboxylic acids is 2. The molecule has 200 valence electrons. The first-order chi connectivity index (χ1) is 18.2. The highest BCUT2D eigenvalue weighted by Gasteiger charge is 2.36. The zero-order valence-corrected chi connectivity index (χ0v) is 20.3. The van der Waals surface area contributed by atoms with Crippen molar-refractivity contribution in [2.24, 2.45) is 16.0 Å². The van der Waals surface area contributed by atoms with Gasteiger partial charge in [0.2, 0.25) is 0 Å². The quantitative estimate of drug-likeness (QED) is 0.401. The molecule has 3 N–H and O–H groups in total. The molecule has 14 heteroatoms. The number of alkyl halides is 3. The van der Waals surface area contributed by atoms with Crippen LogP contribution in [0.3, 0.4) is 0 Å². The van der Waals surface area contributed by atoms with E-state index in [4.69, 9.17) is 4.99 Å². The zero-order chi connectivity index (χ0) is 26.4. The maximum atomic E-state index is 13.1. The average molecular weight is 530 g/mol. The summed E-state index contributed by atoms with van der Waals surface area (Å²) >= 11 is 0. The molecule has 3 fully saturated rings. The number of aliphatic imine (C=N–C) groups is 1. The van der Waals surface area contributed by atoms with Gasteiger partial charge in [0.15, 0.2) is 0 Å². The summed E-state index contributed by atoms with van der Waals surface area (Å²) in [6.45, 7) is 2.14. The van der Waals surface area contributed by atoms with Crippen LogP contribution in [0.1, 0.15) is 25.0 Å². The summed E-state index contributed by atoms with van der Waals surface area (Å²) in [6.07, 6.45) is 3.31. The number of hydrogen-bond acceptors (Lipinski definition) is 9. The molecule has 5 aliphatic rings. The van der Waals surface area contributed by atoms with Crippen LogP contribution in [0.2, 0.25) is 0 Å². The van der Waals surface area contributed by atoms with Crippen molar-refractivity contribution in [3.8, 4) is 0 Å². The highest BCUT2D eigenvalue weighted by Crippen LogP contribution is 2.31. The zero-order valence-electron chi connectivity index (χ0n) is 20.3. The van der Waals surface area contributed by atoms with Crippen molar-refractivity contribution in [1.82, 2.24) is 30.8 Å². The summed E-state index contributed by atoms with van der Waals surface area (Å²) in [6, 6.07) is 3.79. The molecule has 38 heavy (non-hydrogen) atoms. The summed E-state index contributed by atoms with van der Waals surface area (Å²) in [4.78, 5) is 36.1. The SMILES string of the molecule is O=C1NC(=O)/C(=C/C2C=NN3C(NC4CC4)=CC(N4CCN(c5cccc(C(F)(F)F)n5)CC4)=NC3C2)N1. The molecule has 1 aromatic heterocycles. The number of imide groups is 1. The minimum atomic E-state index is -4.49. The van der Waals surface area contributed by atoms with Crippen LogP contribution in [0, 0.1) is 5.92 Å². The lowest BCUT2D eigenvalue weighted by molar-refractivity contribution is -0.141. The first kappa shape index (κ1) is 24.2. The lowest BCUT2D eigenvalue weighted by Crippen LogP contribution is -2.51. The van der Waals surface area contributed by atoms with E-state index in [-0.39, 0.29) is 17.8 Å². The van der Waals surface area contributed by atoms with Crippen LogP contribution in [0.5, 0.6) is 0 Å². The molecule has 0 aromatic carbocycles. The van der Waals surface area contributed by atoms with Gasteiger partial charge in [0.25, 0.3) is 5.91 Å². The smallest absolute Gasteiger partial charge is 0.367 e. The number of fused-ring (bicyclic) bond motifs is 1. The van der Waals surface area contributed by atoms with Crippen molar-refractivity contribution >= 4 is 29.8 Å². The Hall–Kier alpha value is -4.10. The number of nitrogens with zero attached hydrogens (tertiary/aromatic N) is 6. The number of hydrogen-bond donors (Lipinski definition) is 3. The molecule has 2 atom stereocenters. The maximum absolute atomic E-state index is 13.1. The average Bonchev–Trinajstić information content (AvgIpc) is 3.66. The topological polar surface area (TPSA) is 118 Å². The van der Waals surface area contributed by atoms with E-state index in [1.165, 1.54) is 6.07 Å². The van der Waals surface area contributed by atoms with Crippen LogP contribution in [0.15, 0.2) is 52.0 Å². The number of nitrogens with one attached hydrogen (secondary N) is 3. The third-order valence-electron chi connectivity index (χ3n) is 6.92. The molecule has 4 aliphatic heterocycles. The molecule has 0 spiro atoms. The normalized spacial score (nSPS) is 26.6. The van der Waals surface area contributed by atoms with E-state index in [0.29, 0.717) is 44.5 Å². The molecule has 2 unspecified atom stereocenters. The maximum Gasteiger partial charge on any atom is 0.433 e. The highest BCUT2D eigenvalue weighted by molar-refractivity contribution is 6.11. The molecule has 11 nitrogen and oxygen atoms in total. The molecule has 1 saturated carbocycles. The van der Waals surface area contributed by atoms with Crippen molar-refractivity contribution in [1.29, 1.82) is 0 Å². The van der Waals surface area contributed by atoms with Gasteiger partial charge in [-0.1, -0.05) is 6.07 Å². The van der Waals surface area contributed by atoms with Crippen molar-refractivity contribution in [3.63, 3.8) is 0 Å². The van der Waals surface area contributed by atoms with Gasteiger partial charge in [-0.25, -0.2) is 19.8 Å². The molecule has 0 bridgehead atoms. The second kappa shape index (κ2) is 9.33. The van der Waals surface area contributed by atoms with Crippen LogP contribution >= 0.6 is 0 Å². The van der Waals surface area contributed by atoms with E-state index >= 15 is 0 Å². The second-order valence-electron chi connectivity index (χ2n) is 9.77. The highest BCUT2D eigenvalue weighted by atomic mass is 19.4. The van der Waals surface area contributed by atoms with Gasteiger partial charge < -0.3 is 20.4 Å². The summed E-state index contributed by atoms with van der Waals surface area (Å²) in [5.74, 6) is 1.26. The standard InChI is InChI=1S/C24H26F3N9O2/c25-24(26,27)17-2-1-3-18(31-17)34-6-8-35(9-7-34)19-12-21(29-15-4-5-15)36-20(32-19)11-14(13-28-36)10-16-22(37)33-23(38)30-16/h1-3,10,12-15,20,29H,4-9,11H2,(H2,30,33,37,38)/b16-10-. The number of allylic oxidation sites excluding steroid dienone is 1. The second-order valence-corrected chi connectivity index (χ2v) is 9.77. The van der Waals surface area contributed by atoms with E-state index in [1.54, 1.807) is 18.4 Å². The Balaban J connectivity index is 1.18. The van der Waals surface area contributed by atoms with Gasteiger partial charge >= 0.3 is 12.2 Å². The van der Waals surface area contributed by atoms with Gasteiger partial charge in [0.05, 0.1) is 0 Å². The molecule has 6 rings (SSSR count). The van der Waals surface area contributed by atoms with Crippen molar-refractivity contribution in [2.75, 3.05) is 31.1 Å². The van der Waals surface area contributed by atoms with Crippen LogP contribution in [-0.2, 0) is 11.0 Å². The third-order valence-corrected chi connectivity index (χ3v) is 6.92. The molecular weight excluding hydrogens is 503 g/mol. The predicted octanol–water partition coefficient (Wildman–Crippen LogP) is 1.58. The number of piperazine rings is 1. The van der Waals surface area contributed by atoms with Crippen molar-refractivity contribution in [2.45, 2.75) is 37.6 Å². The number of hydrazone groups is 1. The van der Waals surface area contributed by atoms with E-state index in [0.717, 1.165) is 30.6 Å². The number of urea groups is 1. The number of amidine groups is 1. The molecule has 5 heterocycles. The minimum absolute atomic E-state index is 0.200. The summed E-state index contributed by atoms with van der Waals surface area (Å²) in [5.41, 5.74) is -0.698. The Morgan fingerprint density at radius 3 is 2.50 bits per heavy atom. The Kier molecular flexibility index (Phi) is 5.95. The van der Waals surface area contributed by atoms with E-state index in [1.807, 2.05) is 16.0 Å². The van der Waals surface area contributed by atoms with Gasteiger partial charge in [-0.05, 0) is 31.1 Å². The van der Waals surface area contributed by atoms with Crippen LogP contribution < -0.4 is 20.9 Å². The third kappa shape index (κ3) is 5.02. The number of pyridine rings is 1. The van der Waals surface area contributed by atoms with E-state index in [9.17, 15) is 22.8 Å². The van der Waals surface area contributed by atoms with Crippen LogP contribution in [0.4, 0.5) is 23.8 Å². The van der Waals surface area contributed by atoms with E-state index in [2.05, 4.69) is 30.9 Å². The Morgan fingerprint density at radius 2 is 1.82 bits per heavy atom. The fourth-order valence-corrected chi connectivity index (χ4v) is 4.81. The monoisotopic (exact) mass is 529 g/mol. The van der Waals surface area contributed by atoms with Crippen molar-refractivity contribution in [3.05, 3.63) is 47.6 Å². The van der Waals surface area contributed by atoms with Crippen LogP contribution in [0.25, 0.3) is 0 Å². The number of amides is 3. The first-order valence-electron chi connectivity index (χ1n) is 12.5. The number of carbonyl (C=O) groups is 2. The molecule has 1 aromatic rings. The van der Waals surface area contributed by atoms with E-state index < -0.39 is 23.8 Å². The Morgan fingerprint density at radius 1 is 1.05 bits per heavy atom. The molecule has 3 amide bonds.